The number of nitrogens with two attached hydrogens (primary N) is 1. The lowest BCUT2D eigenvalue weighted by atomic mass is 10.0. The SMILES string of the molecule is Nc1ncnc2c1c(-c1ccc(NC(=O)C3(C(=O)Nc4ccc(F)cc4)CC3)cc1)cn2C=C1CC2CNCC2C1. The number of allylic oxidation sites excluding steroid dienone is 1. The minimum Gasteiger partial charge on any atom is -0.383 e. The number of halogens is 1. The standard InChI is InChI=1S/C31H30FN7O2/c32-22-3-7-24(8-4-22)38-30(41)31(9-10-31)29(40)37-23-5-1-19(2-6-23)25-16-39(28-26(25)27(33)35-17-36-28)15-18-11-20-13-34-14-21(20)12-18/h1-8,15-17,20-21,34H,9-14H2,(H,37,40)(H,38,41)(H2,33,35,36). The second-order valence-corrected chi connectivity index (χ2v) is 11.4. The molecule has 9 nitrogen and oxygen atoms in total. The van der Waals surface area contributed by atoms with Gasteiger partial charge in [-0.25, -0.2) is 14.4 Å². The average molecular weight is 552 g/mol. The van der Waals surface area contributed by atoms with Crippen LogP contribution in [0.15, 0.2) is 66.6 Å². The van der Waals surface area contributed by atoms with Crippen LogP contribution in [0.4, 0.5) is 21.6 Å². The largest absolute Gasteiger partial charge is 0.383 e. The lowest BCUT2D eigenvalue weighted by Gasteiger charge is -2.15. The van der Waals surface area contributed by atoms with Gasteiger partial charge in [-0.15, -0.1) is 0 Å². The monoisotopic (exact) mass is 551 g/mol. The molecule has 3 aliphatic rings. The summed E-state index contributed by atoms with van der Waals surface area (Å²) in [5, 5.41) is 9.90. The number of nitrogens with zero attached hydrogens (tertiary/aromatic N) is 3. The number of rotatable bonds is 6. The van der Waals surface area contributed by atoms with E-state index in [0.29, 0.717) is 41.9 Å². The zero-order valence-corrected chi connectivity index (χ0v) is 22.4. The van der Waals surface area contributed by atoms with Crippen molar-refractivity contribution >= 4 is 46.2 Å². The maximum atomic E-state index is 13.2. The van der Waals surface area contributed by atoms with Crippen molar-refractivity contribution in [2.24, 2.45) is 17.3 Å². The summed E-state index contributed by atoms with van der Waals surface area (Å²) in [5.74, 6) is 0.674. The zero-order chi connectivity index (χ0) is 28.1. The summed E-state index contributed by atoms with van der Waals surface area (Å²) in [4.78, 5) is 34.8. The first-order valence-electron chi connectivity index (χ1n) is 13.9. The first kappa shape index (κ1) is 25.4. The lowest BCUT2D eigenvalue weighted by molar-refractivity contribution is -0.131. The third-order valence-electron chi connectivity index (χ3n) is 8.66. The molecule has 3 heterocycles. The molecular weight excluding hydrogens is 521 g/mol. The molecule has 5 N–H and O–H groups in total. The number of nitrogens with one attached hydrogen (secondary N) is 3. The summed E-state index contributed by atoms with van der Waals surface area (Å²) in [6.45, 7) is 2.16. The topological polar surface area (TPSA) is 127 Å². The third-order valence-corrected chi connectivity index (χ3v) is 8.66. The van der Waals surface area contributed by atoms with Gasteiger partial charge in [-0.3, -0.25) is 9.59 Å². The molecule has 1 aliphatic heterocycles. The molecule has 41 heavy (non-hydrogen) atoms. The average Bonchev–Trinajstić information content (AvgIpc) is 3.34. The number of nitrogen functional groups attached to an aromatic ring is 1. The Bertz CT molecular complexity index is 1680. The molecule has 2 saturated carbocycles. The van der Waals surface area contributed by atoms with Crippen LogP contribution < -0.4 is 21.7 Å². The van der Waals surface area contributed by atoms with E-state index in [9.17, 15) is 14.0 Å². The summed E-state index contributed by atoms with van der Waals surface area (Å²) in [5.41, 5.74) is 10.2. The molecule has 2 aromatic carbocycles. The van der Waals surface area contributed by atoms with Crippen LogP contribution in [0.3, 0.4) is 0 Å². The molecule has 2 aromatic heterocycles. The van der Waals surface area contributed by atoms with E-state index in [1.807, 2.05) is 30.5 Å². The number of hydrogen-bond acceptors (Lipinski definition) is 6. The van der Waals surface area contributed by atoms with E-state index in [2.05, 4.69) is 36.7 Å². The highest BCUT2D eigenvalue weighted by molar-refractivity contribution is 6.17. The van der Waals surface area contributed by atoms with Crippen LogP contribution in [0.5, 0.6) is 0 Å². The number of hydrogen-bond donors (Lipinski definition) is 4. The minimum atomic E-state index is -1.13. The Labute approximate surface area is 236 Å². The number of fused-ring (bicyclic) bond motifs is 2. The highest BCUT2D eigenvalue weighted by Crippen LogP contribution is 2.47. The molecule has 2 amide bonds. The van der Waals surface area contributed by atoms with Crippen LogP contribution in [-0.4, -0.2) is 39.4 Å². The van der Waals surface area contributed by atoms with Crippen molar-refractivity contribution in [2.45, 2.75) is 25.7 Å². The van der Waals surface area contributed by atoms with Gasteiger partial charge in [0, 0.05) is 29.3 Å². The molecule has 0 spiro atoms. The zero-order valence-electron chi connectivity index (χ0n) is 22.4. The second-order valence-electron chi connectivity index (χ2n) is 11.4. The van der Waals surface area contributed by atoms with Crippen LogP contribution in [0.1, 0.15) is 25.7 Å². The van der Waals surface area contributed by atoms with Crippen LogP contribution in [0.25, 0.3) is 28.4 Å². The highest BCUT2D eigenvalue weighted by atomic mass is 19.1. The molecule has 3 fully saturated rings. The summed E-state index contributed by atoms with van der Waals surface area (Å²) in [6.07, 6.45) is 8.81. The van der Waals surface area contributed by atoms with Gasteiger partial charge >= 0.3 is 0 Å². The summed E-state index contributed by atoms with van der Waals surface area (Å²) in [7, 11) is 0. The second kappa shape index (κ2) is 9.81. The Hall–Kier alpha value is -4.57. The van der Waals surface area contributed by atoms with E-state index < -0.39 is 17.1 Å². The van der Waals surface area contributed by atoms with Crippen molar-refractivity contribution in [3.8, 4) is 11.1 Å². The molecule has 2 atom stereocenters. The fraction of sp³-hybridized carbons (Fsp3) is 0.290. The van der Waals surface area contributed by atoms with Crippen LogP contribution >= 0.6 is 0 Å². The van der Waals surface area contributed by atoms with Gasteiger partial charge in [0.1, 0.15) is 29.0 Å². The predicted octanol–water partition coefficient (Wildman–Crippen LogP) is 4.65. The van der Waals surface area contributed by atoms with Gasteiger partial charge in [0.2, 0.25) is 11.8 Å². The van der Waals surface area contributed by atoms with Crippen molar-refractivity contribution in [3.05, 3.63) is 72.4 Å². The maximum absolute atomic E-state index is 13.2. The first-order valence-corrected chi connectivity index (χ1v) is 13.9. The van der Waals surface area contributed by atoms with E-state index in [4.69, 9.17) is 5.73 Å². The van der Waals surface area contributed by atoms with Crippen molar-refractivity contribution in [1.29, 1.82) is 0 Å². The Morgan fingerprint density at radius 3 is 2.17 bits per heavy atom. The van der Waals surface area contributed by atoms with Crippen molar-refractivity contribution in [2.75, 3.05) is 29.5 Å². The number of carbonyl (C=O) groups is 2. The Kier molecular flexibility index (Phi) is 6.08. The fourth-order valence-corrected chi connectivity index (χ4v) is 6.20. The van der Waals surface area contributed by atoms with Gasteiger partial charge in [0.05, 0.1) is 5.39 Å². The van der Waals surface area contributed by atoms with E-state index >= 15 is 0 Å². The van der Waals surface area contributed by atoms with Crippen molar-refractivity contribution < 1.29 is 14.0 Å². The quantitative estimate of drug-likeness (QED) is 0.259. The fourth-order valence-electron chi connectivity index (χ4n) is 6.20. The van der Waals surface area contributed by atoms with Crippen LogP contribution in [0.2, 0.25) is 0 Å². The van der Waals surface area contributed by atoms with Gasteiger partial charge < -0.3 is 26.3 Å². The van der Waals surface area contributed by atoms with Crippen LogP contribution in [0, 0.1) is 23.1 Å². The molecular formula is C31H30FN7O2. The molecule has 2 aliphatic carbocycles. The molecule has 0 bridgehead atoms. The van der Waals surface area contributed by atoms with Crippen molar-refractivity contribution in [3.63, 3.8) is 0 Å². The van der Waals surface area contributed by atoms with E-state index in [-0.39, 0.29) is 5.91 Å². The summed E-state index contributed by atoms with van der Waals surface area (Å²) in [6, 6.07) is 12.9. The minimum absolute atomic E-state index is 0.359. The highest BCUT2D eigenvalue weighted by Gasteiger charge is 2.56. The molecule has 1 saturated heterocycles. The number of carbonyl (C=O) groups excluding carboxylic acids is 2. The normalized spacial score (nSPS) is 20.6. The molecule has 4 aromatic rings. The molecule has 7 rings (SSSR count). The predicted molar refractivity (Wildman–Crippen MR) is 156 cm³/mol. The van der Waals surface area contributed by atoms with Gasteiger partial charge in [0.15, 0.2) is 0 Å². The first-order chi connectivity index (χ1) is 19.9. The molecule has 0 radical (unpaired) electrons. The van der Waals surface area contributed by atoms with Crippen molar-refractivity contribution in [1.82, 2.24) is 19.9 Å². The number of benzene rings is 2. The third kappa shape index (κ3) is 4.63. The Morgan fingerprint density at radius 2 is 1.56 bits per heavy atom. The van der Waals surface area contributed by atoms with E-state index in [0.717, 1.165) is 48.1 Å². The smallest absolute Gasteiger partial charge is 0.240 e. The summed E-state index contributed by atoms with van der Waals surface area (Å²) < 4.78 is 15.3. The van der Waals surface area contributed by atoms with Gasteiger partial charge in [0.25, 0.3) is 0 Å². The maximum Gasteiger partial charge on any atom is 0.240 e. The molecule has 2 unspecified atom stereocenters. The Balaban J connectivity index is 1.10. The Morgan fingerprint density at radius 1 is 0.951 bits per heavy atom. The molecule has 208 valence electrons. The summed E-state index contributed by atoms with van der Waals surface area (Å²) >= 11 is 0. The molecule has 10 heteroatoms. The number of anilines is 3. The van der Waals surface area contributed by atoms with Gasteiger partial charge in [-0.2, -0.15) is 0 Å². The lowest BCUT2D eigenvalue weighted by Crippen LogP contribution is -2.35. The van der Waals surface area contributed by atoms with Crippen LogP contribution in [-0.2, 0) is 9.59 Å². The number of aromatic nitrogens is 3. The van der Waals surface area contributed by atoms with Gasteiger partial charge in [-0.1, -0.05) is 17.7 Å². The number of amides is 2. The van der Waals surface area contributed by atoms with E-state index in [1.54, 1.807) is 0 Å². The van der Waals surface area contributed by atoms with E-state index in [1.165, 1.54) is 36.2 Å². The van der Waals surface area contributed by atoms with Gasteiger partial charge in [-0.05, 0) is 92.6 Å².